The molecular weight excluding hydrogens is 256 g/mol. The first-order chi connectivity index (χ1) is 9.16. The van der Waals surface area contributed by atoms with Crippen LogP contribution in [0.2, 0.25) is 0 Å². The van der Waals surface area contributed by atoms with Gasteiger partial charge < -0.3 is 4.90 Å². The van der Waals surface area contributed by atoms with Crippen molar-refractivity contribution < 1.29 is 4.79 Å². The summed E-state index contributed by atoms with van der Waals surface area (Å²) in [4.78, 5) is 18.0. The zero-order valence-corrected chi connectivity index (χ0v) is 12.1. The molecule has 0 saturated carbocycles. The number of amides is 1. The highest BCUT2D eigenvalue weighted by Gasteiger charge is 2.36. The van der Waals surface area contributed by atoms with Gasteiger partial charge in [-0.2, -0.15) is 0 Å². The van der Waals surface area contributed by atoms with E-state index in [-0.39, 0.29) is 11.9 Å². The van der Waals surface area contributed by atoms with E-state index in [1.54, 1.807) is 0 Å². The Kier molecular flexibility index (Phi) is 3.54. The second-order valence-electron chi connectivity index (χ2n) is 5.61. The molecule has 4 heteroatoms. The summed E-state index contributed by atoms with van der Waals surface area (Å²) in [6.45, 7) is 5.21. The van der Waals surface area contributed by atoms with Crippen LogP contribution in [0.3, 0.4) is 0 Å². The number of nitrogens with zero attached hydrogens (tertiary/aromatic N) is 2. The number of hydrogen-bond donors (Lipinski definition) is 1. The average molecular weight is 276 g/mol. The van der Waals surface area contributed by atoms with Gasteiger partial charge in [-0.1, -0.05) is 12.1 Å². The Balaban J connectivity index is 1.81. The maximum absolute atomic E-state index is 12.7. The van der Waals surface area contributed by atoms with Crippen LogP contribution in [-0.4, -0.2) is 47.4 Å². The molecule has 1 amide bonds. The van der Waals surface area contributed by atoms with Crippen LogP contribution in [0.4, 0.5) is 0 Å². The lowest BCUT2D eigenvalue weighted by atomic mass is 10.1. The second kappa shape index (κ2) is 5.17. The molecular formula is C15H20N2OS. The van der Waals surface area contributed by atoms with Crippen LogP contribution in [-0.2, 0) is 0 Å². The van der Waals surface area contributed by atoms with Crippen LogP contribution in [0.5, 0.6) is 0 Å². The van der Waals surface area contributed by atoms with E-state index in [0.29, 0.717) is 6.04 Å². The van der Waals surface area contributed by atoms with Gasteiger partial charge in [0.2, 0.25) is 0 Å². The van der Waals surface area contributed by atoms with E-state index >= 15 is 0 Å². The van der Waals surface area contributed by atoms with Crippen LogP contribution >= 0.6 is 12.6 Å². The molecule has 2 atom stereocenters. The quantitative estimate of drug-likeness (QED) is 0.796. The summed E-state index contributed by atoms with van der Waals surface area (Å²) >= 11 is 4.40. The standard InChI is InChI=1S/C15H20N2OS/c1-11-9-16-8-4-5-12(16)10-17(11)15(18)13-6-2-3-7-14(13)19/h2-3,6-7,11-12,19H,4-5,8-10H2,1H3. The first kappa shape index (κ1) is 13.0. The molecule has 2 unspecified atom stereocenters. The topological polar surface area (TPSA) is 23.6 Å². The van der Waals surface area contributed by atoms with E-state index in [1.165, 1.54) is 19.4 Å². The van der Waals surface area contributed by atoms with Crippen LogP contribution in [0.15, 0.2) is 29.2 Å². The molecule has 102 valence electrons. The molecule has 0 aliphatic carbocycles. The number of thiol groups is 1. The van der Waals surface area contributed by atoms with Crippen molar-refractivity contribution >= 4 is 18.5 Å². The first-order valence-electron chi connectivity index (χ1n) is 7.00. The molecule has 0 bridgehead atoms. The van der Waals surface area contributed by atoms with E-state index in [0.717, 1.165) is 23.5 Å². The van der Waals surface area contributed by atoms with Gasteiger partial charge in [0.05, 0.1) is 5.56 Å². The normalized spacial score (nSPS) is 27.4. The summed E-state index contributed by atoms with van der Waals surface area (Å²) in [6.07, 6.45) is 2.49. The minimum Gasteiger partial charge on any atom is -0.333 e. The molecule has 2 saturated heterocycles. The molecule has 2 aliphatic heterocycles. The van der Waals surface area contributed by atoms with E-state index in [1.807, 2.05) is 29.2 Å². The molecule has 0 radical (unpaired) electrons. The van der Waals surface area contributed by atoms with E-state index in [4.69, 9.17) is 0 Å². The van der Waals surface area contributed by atoms with Crippen molar-refractivity contribution in [3.63, 3.8) is 0 Å². The molecule has 2 aliphatic rings. The summed E-state index contributed by atoms with van der Waals surface area (Å²) in [5.74, 6) is 0.129. The second-order valence-corrected chi connectivity index (χ2v) is 6.10. The van der Waals surface area contributed by atoms with E-state index < -0.39 is 0 Å². The Hall–Kier alpha value is -1.00. The average Bonchev–Trinajstić information content (AvgIpc) is 2.84. The van der Waals surface area contributed by atoms with Gasteiger partial charge in [-0.05, 0) is 38.4 Å². The fourth-order valence-electron chi connectivity index (χ4n) is 3.28. The van der Waals surface area contributed by atoms with Crippen molar-refractivity contribution in [2.45, 2.75) is 36.7 Å². The van der Waals surface area contributed by atoms with Crippen molar-refractivity contribution in [3.8, 4) is 0 Å². The molecule has 1 aromatic carbocycles. The molecule has 3 rings (SSSR count). The van der Waals surface area contributed by atoms with Gasteiger partial charge in [0, 0.05) is 30.1 Å². The SMILES string of the molecule is CC1CN2CCCC2CN1C(=O)c1ccccc1S. The fourth-order valence-corrected chi connectivity index (χ4v) is 3.54. The van der Waals surface area contributed by atoms with E-state index in [2.05, 4.69) is 24.5 Å². The van der Waals surface area contributed by atoms with Crippen LogP contribution in [0.25, 0.3) is 0 Å². The Morgan fingerprint density at radius 3 is 2.89 bits per heavy atom. The lowest BCUT2D eigenvalue weighted by Gasteiger charge is -2.42. The van der Waals surface area contributed by atoms with Gasteiger partial charge in [0.1, 0.15) is 0 Å². The third-order valence-electron chi connectivity index (χ3n) is 4.33. The lowest BCUT2D eigenvalue weighted by Crippen LogP contribution is -2.56. The highest BCUT2D eigenvalue weighted by atomic mass is 32.1. The van der Waals surface area contributed by atoms with Crippen LogP contribution < -0.4 is 0 Å². The number of carbonyl (C=O) groups excluding carboxylic acids is 1. The predicted molar refractivity (Wildman–Crippen MR) is 78.8 cm³/mol. The summed E-state index contributed by atoms with van der Waals surface area (Å²) < 4.78 is 0. The first-order valence-corrected chi connectivity index (χ1v) is 7.44. The van der Waals surface area contributed by atoms with Gasteiger partial charge >= 0.3 is 0 Å². The summed E-state index contributed by atoms with van der Waals surface area (Å²) in [5.41, 5.74) is 0.726. The van der Waals surface area contributed by atoms with Crippen molar-refractivity contribution in [3.05, 3.63) is 29.8 Å². The molecule has 0 aromatic heterocycles. The number of carbonyl (C=O) groups is 1. The summed E-state index contributed by atoms with van der Waals surface area (Å²) in [6, 6.07) is 8.42. The number of hydrogen-bond acceptors (Lipinski definition) is 3. The molecule has 1 aromatic rings. The Bertz CT molecular complexity index is 491. The maximum Gasteiger partial charge on any atom is 0.255 e. The highest BCUT2D eigenvalue weighted by Crippen LogP contribution is 2.26. The number of piperazine rings is 1. The summed E-state index contributed by atoms with van der Waals surface area (Å²) in [7, 11) is 0. The fraction of sp³-hybridized carbons (Fsp3) is 0.533. The van der Waals surface area contributed by atoms with Crippen LogP contribution in [0.1, 0.15) is 30.1 Å². The Morgan fingerprint density at radius 2 is 2.11 bits per heavy atom. The van der Waals surface area contributed by atoms with Gasteiger partial charge in [-0.3, -0.25) is 9.69 Å². The smallest absolute Gasteiger partial charge is 0.255 e. The predicted octanol–water partition coefficient (Wildman–Crippen LogP) is 2.28. The number of rotatable bonds is 1. The van der Waals surface area contributed by atoms with Gasteiger partial charge in [0.25, 0.3) is 5.91 Å². The van der Waals surface area contributed by atoms with Crippen molar-refractivity contribution in [2.24, 2.45) is 0 Å². The van der Waals surface area contributed by atoms with Gasteiger partial charge in [0.15, 0.2) is 0 Å². The largest absolute Gasteiger partial charge is 0.333 e. The molecule has 0 N–H and O–H groups in total. The summed E-state index contributed by atoms with van der Waals surface area (Å²) in [5, 5.41) is 0. The van der Waals surface area contributed by atoms with Gasteiger partial charge in [-0.15, -0.1) is 12.6 Å². The van der Waals surface area contributed by atoms with Crippen LogP contribution in [0, 0.1) is 0 Å². The number of benzene rings is 1. The molecule has 0 spiro atoms. The van der Waals surface area contributed by atoms with Crippen molar-refractivity contribution in [2.75, 3.05) is 19.6 Å². The molecule has 2 heterocycles. The van der Waals surface area contributed by atoms with Gasteiger partial charge in [-0.25, -0.2) is 0 Å². The highest BCUT2D eigenvalue weighted by molar-refractivity contribution is 7.80. The maximum atomic E-state index is 12.7. The zero-order valence-electron chi connectivity index (χ0n) is 11.2. The lowest BCUT2D eigenvalue weighted by molar-refractivity contribution is 0.0392. The minimum absolute atomic E-state index is 0.129. The monoisotopic (exact) mass is 276 g/mol. The Morgan fingerprint density at radius 1 is 1.32 bits per heavy atom. The van der Waals surface area contributed by atoms with Crippen molar-refractivity contribution in [1.82, 2.24) is 9.80 Å². The molecule has 19 heavy (non-hydrogen) atoms. The number of fused-ring (bicyclic) bond motifs is 1. The zero-order chi connectivity index (χ0) is 13.4. The molecule has 2 fully saturated rings. The van der Waals surface area contributed by atoms with Crippen molar-refractivity contribution in [1.29, 1.82) is 0 Å². The third kappa shape index (κ3) is 2.39. The third-order valence-corrected chi connectivity index (χ3v) is 4.72. The molecule has 3 nitrogen and oxygen atoms in total. The Labute approximate surface area is 120 Å². The van der Waals surface area contributed by atoms with E-state index in [9.17, 15) is 4.79 Å². The minimum atomic E-state index is 0.129.